The molecule has 23 heavy (non-hydrogen) atoms. The predicted octanol–water partition coefficient (Wildman–Crippen LogP) is 6.06. The zero-order chi connectivity index (χ0) is 16.5. The number of unbranched alkanes of at least 4 members (excludes halogenated alkanes) is 2. The fourth-order valence-corrected chi connectivity index (χ4v) is 3.11. The second-order valence-corrected chi connectivity index (χ2v) is 6.63. The summed E-state index contributed by atoms with van der Waals surface area (Å²) in [5.74, 6) is 2.93. The Kier molecular flexibility index (Phi) is 7.60. The molecular formula is C20H28O2S. The maximum absolute atomic E-state index is 6.02. The Hall–Kier alpha value is -1.35. The summed E-state index contributed by atoms with van der Waals surface area (Å²) in [6.07, 6.45) is 6.63. The van der Waals surface area contributed by atoms with Crippen molar-refractivity contribution in [2.45, 2.75) is 45.3 Å². The molecule has 126 valence electrons. The summed E-state index contributed by atoms with van der Waals surface area (Å²) in [6, 6.07) is 10.6. The van der Waals surface area contributed by atoms with Crippen molar-refractivity contribution in [3.05, 3.63) is 35.9 Å². The standard InChI is InChI=1S/C20H28O2S/c1-4-6-12-21-17-10-8-16-9-11-20(22-13-7-5-2)19(15-23-3)18(16)14-17/h8-11,14H,4-7,12-13,15H2,1-3H3. The maximum atomic E-state index is 6.02. The summed E-state index contributed by atoms with van der Waals surface area (Å²) in [6.45, 7) is 5.94. The fraction of sp³-hybridized carbons (Fsp3) is 0.500. The molecule has 0 saturated heterocycles. The number of ether oxygens (including phenoxy) is 2. The van der Waals surface area contributed by atoms with Crippen molar-refractivity contribution < 1.29 is 9.47 Å². The van der Waals surface area contributed by atoms with Gasteiger partial charge in [-0.3, -0.25) is 0 Å². The van der Waals surface area contributed by atoms with Gasteiger partial charge in [-0.2, -0.15) is 11.8 Å². The molecule has 2 aromatic carbocycles. The second-order valence-electron chi connectivity index (χ2n) is 5.76. The van der Waals surface area contributed by atoms with Crippen molar-refractivity contribution in [3.63, 3.8) is 0 Å². The number of thioether (sulfide) groups is 1. The average Bonchev–Trinajstić information content (AvgIpc) is 2.57. The molecule has 2 rings (SSSR count). The highest BCUT2D eigenvalue weighted by Crippen LogP contribution is 2.33. The van der Waals surface area contributed by atoms with Crippen LogP contribution in [0.3, 0.4) is 0 Å². The second kappa shape index (κ2) is 9.71. The van der Waals surface area contributed by atoms with Crippen LogP contribution >= 0.6 is 11.8 Å². The van der Waals surface area contributed by atoms with E-state index in [1.54, 1.807) is 0 Å². The maximum Gasteiger partial charge on any atom is 0.123 e. The molecule has 0 N–H and O–H groups in total. The van der Waals surface area contributed by atoms with Crippen molar-refractivity contribution in [2.75, 3.05) is 19.5 Å². The lowest BCUT2D eigenvalue weighted by Crippen LogP contribution is -2.00. The average molecular weight is 333 g/mol. The quantitative estimate of drug-likeness (QED) is 0.493. The highest BCUT2D eigenvalue weighted by Gasteiger charge is 2.10. The van der Waals surface area contributed by atoms with Gasteiger partial charge in [-0.05, 0) is 48.1 Å². The van der Waals surface area contributed by atoms with E-state index in [-0.39, 0.29) is 0 Å². The van der Waals surface area contributed by atoms with Gasteiger partial charge in [0.2, 0.25) is 0 Å². The van der Waals surface area contributed by atoms with Crippen molar-refractivity contribution in [2.24, 2.45) is 0 Å². The fourth-order valence-electron chi connectivity index (χ4n) is 2.52. The number of fused-ring (bicyclic) bond motifs is 1. The van der Waals surface area contributed by atoms with Crippen LogP contribution in [0.2, 0.25) is 0 Å². The first-order chi connectivity index (χ1) is 11.3. The van der Waals surface area contributed by atoms with E-state index >= 15 is 0 Å². The molecule has 2 nitrogen and oxygen atoms in total. The molecule has 0 fully saturated rings. The Morgan fingerprint density at radius 1 is 0.913 bits per heavy atom. The monoisotopic (exact) mass is 332 g/mol. The lowest BCUT2D eigenvalue weighted by molar-refractivity contribution is 0.307. The minimum atomic E-state index is 0.784. The molecule has 0 aliphatic rings. The van der Waals surface area contributed by atoms with Crippen molar-refractivity contribution in [3.8, 4) is 11.5 Å². The van der Waals surface area contributed by atoms with Gasteiger partial charge in [-0.25, -0.2) is 0 Å². The summed E-state index contributed by atoms with van der Waals surface area (Å²) in [4.78, 5) is 0. The SMILES string of the molecule is CCCCOc1ccc2ccc(OCCCC)c(CSC)c2c1. The van der Waals surface area contributed by atoms with Gasteiger partial charge in [0.05, 0.1) is 13.2 Å². The van der Waals surface area contributed by atoms with Gasteiger partial charge in [0.1, 0.15) is 11.5 Å². The van der Waals surface area contributed by atoms with Gasteiger partial charge in [0.25, 0.3) is 0 Å². The zero-order valence-electron chi connectivity index (χ0n) is 14.6. The summed E-state index contributed by atoms with van der Waals surface area (Å²) < 4.78 is 11.9. The molecule has 0 bridgehead atoms. The molecule has 0 unspecified atom stereocenters. The third kappa shape index (κ3) is 5.07. The van der Waals surface area contributed by atoms with Gasteiger partial charge < -0.3 is 9.47 Å². The lowest BCUT2D eigenvalue weighted by atomic mass is 10.0. The van der Waals surface area contributed by atoms with E-state index in [2.05, 4.69) is 50.4 Å². The highest BCUT2D eigenvalue weighted by molar-refractivity contribution is 7.97. The van der Waals surface area contributed by atoms with E-state index in [0.29, 0.717) is 0 Å². The highest BCUT2D eigenvalue weighted by atomic mass is 32.2. The van der Waals surface area contributed by atoms with E-state index in [0.717, 1.165) is 56.1 Å². The van der Waals surface area contributed by atoms with Crippen molar-refractivity contribution in [1.82, 2.24) is 0 Å². The molecule has 0 aliphatic heterocycles. The molecule has 0 aliphatic carbocycles. The third-order valence-electron chi connectivity index (χ3n) is 3.87. The molecule has 0 radical (unpaired) electrons. The summed E-state index contributed by atoms with van der Waals surface area (Å²) in [5, 5.41) is 2.50. The van der Waals surface area contributed by atoms with Gasteiger partial charge in [-0.15, -0.1) is 0 Å². The molecule has 0 spiro atoms. The van der Waals surface area contributed by atoms with Gasteiger partial charge in [0.15, 0.2) is 0 Å². The van der Waals surface area contributed by atoms with E-state index in [1.807, 2.05) is 11.8 Å². The third-order valence-corrected chi connectivity index (χ3v) is 4.45. The normalized spacial score (nSPS) is 10.9. The number of benzene rings is 2. The predicted molar refractivity (Wildman–Crippen MR) is 102 cm³/mol. The van der Waals surface area contributed by atoms with Crippen molar-refractivity contribution in [1.29, 1.82) is 0 Å². The molecule has 0 aromatic heterocycles. The first-order valence-electron chi connectivity index (χ1n) is 8.60. The lowest BCUT2D eigenvalue weighted by Gasteiger charge is -2.15. The minimum Gasteiger partial charge on any atom is -0.494 e. The van der Waals surface area contributed by atoms with E-state index in [9.17, 15) is 0 Å². The first-order valence-corrected chi connectivity index (χ1v) is 9.99. The number of hydrogen-bond donors (Lipinski definition) is 0. The summed E-state index contributed by atoms with van der Waals surface area (Å²) >= 11 is 1.83. The Morgan fingerprint density at radius 2 is 1.61 bits per heavy atom. The van der Waals surface area contributed by atoms with Crippen LogP contribution in [0.15, 0.2) is 30.3 Å². The van der Waals surface area contributed by atoms with Gasteiger partial charge in [0, 0.05) is 11.3 Å². The van der Waals surface area contributed by atoms with Crippen LogP contribution < -0.4 is 9.47 Å². The zero-order valence-corrected chi connectivity index (χ0v) is 15.4. The molecule has 0 amide bonds. The summed E-state index contributed by atoms with van der Waals surface area (Å²) in [5.41, 5.74) is 1.28. The van der Waals surface area contributed by atoms with Crippen molar-refractivity contribution >= 4 is 22.5 Å². The summed E-state index contributed by atoms with van der Waals surface area (Å²) in [7, 11) is 0. The van der Waals surface area contributed by atoms with Crippen LogP contribution in [0.25, 0.3) is 10.8 Å². The Balaban J connectivity index is 2.30. The number of rotatable bonds is 10. The van der Waals surface area contributed by atoms with Gasteiger partial charge in [-0.1, -0.05) is 38.8 Å². The van der Waals surface area contributed by atoms with Crippen LogP contribution in [0.1, 0.15) is 45.1 Å². The molecule has 0 saturated carbocycles. The number of hydrogen-bond acceptors (Lipinski definition) is 3. The van der Waals surface area contributed by atoms with E-state index in [1.165, 1.54) is 16.3 Å². The smallest absolute Gasteiger partial charge is 0.123 e. The van der Waals surface area contributed by atoms with Crippen LogP contribution in [0, 0.1) is 0 Å². The van der Waals surface area contributed by atoms with Crippen LogP contribution in [-0.4, -0.2) is 19.5 Å². The minimum absolute atomic E-state index is 0.784. The Morgan fingerprint density at radius 3 is 2.30 bits per heavy atom. The molecular weight excluding hydrogens is 304 g/mol. The topological polar surface area (TPSA) is 18.5 Å². The molecule has 0 atom stereocenters. The van der Waals surface area contributed by atoms with Crippen LogP contribution in [-0.2, 0) is 5.75 Å². The van der Waals surface area contributed by atoms with E-state index < -0.39 is 0 Å². The van der Waals surface area contributed by atoms with E-state index in [4.69, 9.17) is 9.47 Å². The Labute approximate surface area is 144 Å². The molecule has 3 heteroatoms. The van der Waals surface area contributed by atoms with Crippen LogP contribution in [0.5, 0.6) is 11.5 Å². The van der Waals surface area contributed by atoms with Gasteiger partial charge >= 0.3 is 0 Å². The molecule has 2 aromatic rings. The molecule has 0 heterocycles. The first kappa shape index (κ1) is 18.0. The largest absolute Gasteiger partial charge is 0.494 e. The Bertz CT molecular complexity index is 605. The van der Waals surface area contributed by atoms with Crippen LogP contribution in [0.4, 0.5) is 0 Å².